The Hall–Kier alpha value is -3.12. The van der Waals surface area contributed by atoms with Crippen LogP contribution in [0.1, 0.15) is 52.7 Å². The van der Waals surface area contributed by atoms with Gasteiger partial charge in [0.15, 0.2) is 0 Å². The molecule has 164 valence electrons. The fraction of sp³-hybridized carbons (Fsp3) is 0.250. The van der Waals surface area contributed by atoms with E-state index >= 15 is 0 Å². The summed E-state index contributed by atoms with van der Waals surface area (Å²) in [6, 6.07) is 38.6. The normalized spacial score (nSPS) is 11.4. The maximum atomic E-state index is 2.29. The van der Waals surface area contributed by atoms with Gasteiger partial charge in [0, 0.05) is 0 Å². The van der Waals surface area contributed by atoms with Crippen LogP contribution in [0, 0.1) is 0 Å². The Labute approximate surface area is 195 Å². The number of hydrogen-bond acceptors (Lipinski definition) is 0. The highest BCUT2D eigenvalue weighted by Crippen LogP contribution is 2.32. The Balaban J connectivity index is 0.000000181. The van der Waals surface area contributed by atoms with Crippen molar-refractivity contribution in [2.75, 3.05) is 0 Å². The topological polar surface area (TPSA) is 0 Å². The van der Waals surface area contributed by atoms with E-state index in [1.165, 1.54) is 33.4 Å². The average Bonchev–Trinajstić information content (AvgIpc) is 2.80. The first-order valence-electron chi connectivity index (χ1n) is 11.5. The molecule has 0 heterocycles. The SMILES string of the molecule is CC(C)(C)c1cccc(-c2ccccc2)c1.CC(C)(C)c1ccccc1-c1ccccc1. The molecule has 0 radical (unpaired) electrons. The molecule has 0 fully saturated rings. The fourth-order valence-electron chi connectivity index (χ4n) is 3.80. The second-order valence-electron chi connectivity index (χ2n) is 10.4. The van der Waals surface area contributed by atoms with Gasteiger partial charge < -0.3 is 0 Å². The minimum atomic E-state index is 0.187. The molecule has 32 heavy (non-hydrogen) atoms. The first kappa shape index (κ1) is 23.5. The van der Waals surface area contributed by atoms with Crippen molar-refractivity contribution in [2.45, 2.75) is 52.4 Å². The monoisotopic (exact) mass is 420 g/mol. The zero-order valence-electron chi connectivity index (χ0n) is 20.4. The molecule has 0 atom stereocenters. The minimum Gasteiger partial charge on any atom is -0.0622 e. The highest BCUT2D eigenvalue weighted by molar-refractivity contribution is 5.68. The molecule has 0 aliphatic heterocycles. The Kier molecular flexibility index (Phi) is 7.36. The third-order valence-corrected chi connectivity index (χ3v) is 5.66. The molecule has 0 spiro atoms. The molecule has 0 aromatic heterocycles. The van der Waals surface area contributed by atoms with E-state index in [2.05, 4.69) is 151 Å². The zero-order chi connectivity index (χ0) is 23.2. The standard InChI is InChI=1S/2C16H18/c1-16(2,3)15-12-8-7-11-14(15)13-9-5-4-6-10-13;1-16(2,3)15-11-7-10-14(12-15)13-8-5-4-6-9-13/h2*4-12H,1-3H3. The molecule has 0 N–H and O–H groups in total. The predicted octanol–water partition coefficient (Wildman–Crippen LogP) is 9.30. The van der Waals surface area contributed by atoms with Crippen molar-refractivity contribution < 1.29 is 0 Å². The lowest BCUT2D eigenvalue weighted by Crippen LogP contribution is -2.12. The van der Waals surface area contributed by atoms with Crippen LogP contribution in [0.3, 0.4) is 0 Å². The van der Waals surface area contributed by atoms with Gasteiger partial charge in [-0.15, -0.1) is 0 Å². The van der Waals surface area contributed by atoms with E-state index in [4.69, 9.17) is 0 Å². The second-order valence-corrected chi connectivity index (χ2v) is 10.4. The van der Waals surface area contributed by atoms with E-state index in [-0.39, 0.29) is 10.8 Å². The number of hydrogen-bond donors (Lipinski definition) is 0. The summed E-state index contributed by atoms with van der Waals surface area (Å²) in [6.07, 6.45) is 0. The van der Waals surface area contributed by atoms with Crippen molar-refractivity contribution in [3.63, 3.8) is 0 Å². The van der Waals surface area contributed by atoms with E-state index in [1.807, 2.05) is 0 Å². The summed E-state index contributed by atoms with van der Waals surface area (Å²) in [5.74, 6) is 0. The summed E-state index contributed by atoms with van der Waals surface area (Å²) in [7, 11) is 0. The highest BCUT2D eigenvalue weighted by atomic mass is 14.2. The smallest absolute Gasteiger partial charge is 0.0126 e. The van der Waals surface area contributed by atoms with Crippen molar-refractivity contribution in [3.8, 4) is 22.3 Å². The molecule has 0 heteroatoms. The molecule has 0 unspecified atom stereocenters. The third kappa shape index (κ3) is 6.20. The van der Waals surface area contributed by atoms with Gasteiger partial charge in [-0.2, -0.15) is 0 Å². The second kappa shape index (κ2) is 10.0. The Morgan fingerprint density at radius 2 is 0.906 bits per heavy atom. The van der Waals surface area contributed by atoms with Crippen molar-refractivity contribution >= 4 is 0 Å². The molecule has 0 saturated carbocycles. The van der Waals surface area contributed by atoms with Crippen LogP contribution in [0.5, 0.6) is 0 Å². The number of benzene rings is 4. The van der Waals surface area contributed by atoms with Crippen LogP contribution < -0.4 is 0 Å². The van der Waals surface area contributed by atoms with Gasteiger partial charge in [0.25, 0.3) is 0 Å². The van der Waals surface area contributed by atoms with Gasteiger partial charge in [-0.05, 0) is 44.2 Å². The van der Waals surface area contributed by atoms with E-state index in [1.54, 1.807) is 0 Å². The average molecular weight is 421 g/mol. The largest absolute Gasteiger partial charge is 0.0622 e. The lowest BCUT2D eigenvalue weighted by atomic mass is 9.82. The highest BCUT2D eigenvalue weighted by Gasteiger charge is 2.17. The van der Waals surface area contributed by atoms with Crippen LogP contribution in [0.4, 0.5) is 0 Å². The van der Waals surface area contributed by atoms with Crippen LogP contribution in [-0.4, -0.2) is 0 Å². The molecule has 4 rings (SSSR count). The van der Waals surface area contributed by atoms with Crippen molar-refractivity contribution in [1.29, 1.82) is 0 Å². The molecular weight excluding hydrogens is 384 g/mol. The summed E-state index contributed by atoms with van der Waals surface area (Å²) in [5, 5.41) is 0. The van der Waals surface area contributed by atoms with Gasteiger partial charge >= 0.3 is 0 Å². The Morgan fingerprint density at radius 3 is 1.47 bits per heavy atom. The third-order valence-electron chi connectivity index (χ3n) is 5.66. The quantitative estimate of drug-likeness (QED) is 0.303. The molecule has 4 aromatic rings. The summed E-state index contributed by atoms with van der Waals surface area (Å²) in [5.41, 5.74) is 8.41. The van der Waals surface area contributed by atoms with Gasteiger partial charge in [0.2, 0.25) is 0 Å². The van der Waals surface area contributed by atoms with E-state index in [9.17, 15) is 0 Å². The van der Waals surface area contributed by atoms with E-state index in [0.717, 1.165) is 0 Å². The summed E-state index contributed by atoms with van der Waals surface area (Å²) < 4.78 is 0. The van der Waals surface area contributed by atoms with Gasteiger partial charge in [-0.3, -0.25) is 0 Å². The van der Waals surface area contributed by atoms with Gasteiger partial charge in [-0.25, -0.2) is 0 Å². The summed E-state index contributed by atoms with van der Waals surface area (Å²) in [6.45, 7) is 13.5. The molecule has 4 aromatic carbocycles. The van der Waals surface area contributed by atoms with Crippen molar-refractivity contribution in [3.05, 3.63) is 120 Å². The zero-order valence-corrected chi connectivity index (χ0v) is 20.4. The van der Waals surface area contributed by atoms with Crippen LogP contribution in [0.15, 0.2) is 109 Å². The molecule has 0 bridgehead atoms. The lowest BCUT2D eigenvalue weighted by molar-refractivity contribution is 0.590. The summed E-state index contributed by atoms with van der Waals surface area (Å²) >= 11 is 0. The van der Waals surface area contributed by atoms with Crippen LogP contribution in [-0.2, 0) is 10.8 Å². The first-order chi connectivity index (χ1) is 15.2. The van der Waals surface area contributed by atoms with E-state index in [0.29, 0.717) is 0 Å². The van der Waals surface area contributed by atoms with E-state index < -0.39 is 0 Å². The predicted molar refractivity (Wildman–Crippen MR) is 141 cm³/mol. The number of rotatable bonds is 2. The van der Waals surface area contributed by atoms with Gasteiger partial charge in [-0.1, -0.05) is 151 Å². The lowest BCUT2D eigenvalue weighted by Gasteiger charge is -2.23. The van der Waals surface area contributed by atoms with Gasteiger partial charge in [0.05, 0.1) is 0 Å². The van der Waals surface area contributed by atoms with Crippen molar-refractivity contribution in [1.82, 2.24) is 0 Å². The maximum Gasteiger partial charge on any atom is -0.0126 e. The van der Waals surface area contributed by atoms with Crippen molar-refractivity contribution in [2.24, 2.45) is 0 Å². The Morgan fingerprint density at radius 1 is 0.406 bits per heavy atom. The minimum absolute atomic E-state index is 0.187. The maximum absolute atomic E-state index is 2.29. The molecule has 0 aliphatic carbocycles. The molecule has 0 aliphatic rings. The van der Waals surface area contributed by atoms with Crippen LogP contribution in [0.2, 0.25) is 0 Å². The van der Waals surface area contributed by atoms with Crippen LogP contribution in [0.25, 0.3) is 22.3 Å². The molecular formula is C32H36. The molecule has 0 saturated heterocycles. The molecule has 0 nitrogen and oxygen atoms in total. The Bertz CT molecular complexity index is 1110. The van der Waals surface area contributed by atoms with Gasteiger partial charge in [0.1, 0.15) is 0 Å². The fourth-order valence-corrected chi connectivity index (χ4v) is 3.80. The first-order valence-corrected chi connectivity index (χ1v) is 11.5. The summed E-state index contributed by atoms with van der Waals surface area (Å²) in [4.78, 5) is 0. The molecule has 0 amide bonds. The van der Waals surface area contributed by atoms with Crippen LogP contribution >= 0.6 is 0 Å².